The molecule has 0 aromatic carbocycles. The van der Waals surface area contributed by atoms with Crippen molar-refractivity contribution < 1.29 is 9.59 Å². The first kappa shape index (κ1) is 18.9. The van der Waals surface area contributed by atoms with E-state index < -0.39 is 0 Å². The van der Waals surface area contributed by atoms with Crippen molar-refractivity contribution in [3.05, 3.63) is 21.9 Å². The van der Waals surface area contributed by atoms with E-state index in [1.165, 1.54) is 18.4 Å². The minimum atomic E-state index is 0.170. The van der Waals surface area contributed by atoms with E-state index in [1.54, 1.807) is 11.3 Å². The fraction of sp³-hybridized carbons (Fsp3) is 0.714. The van der Waals surface area contributed by atoms with Crippen LogP contribution in [0.1, 0.15) is 53.8 Å². The van der Waals surface area contributed by atoms with Crippen LogP contribution in [0.15, 0.2) is 11.4 Å². The summed E-state index contributed by atoms with van der Waals surface area (Å²) in [6.45, 7) is 8.14. The smallest absolute Gasteiger partial charge is 0.263 e. The third-order valence-electron chi connectivity index (χ3n) is 6.45. The Morgan fingerprint density at radius 3 is 2.41 bits per heavy atom. The number of aryl methyl sites for hydroxylation is 1. The molecule has 5 nitrogen and oxygen atoms in total. The summed E-state index contributed by atoms with van der Waals surface area (Å²) in [4.78, 5) is 32.8. The van der Waals surface area contributed by atoms with Gasteiger partial charge in [0.05, 0.1) is 11.4 Å². The number of hydrogen-bond acceptors (Lipinski definition) is 4. The minimum Gasteiger partial charge on any atom is -0.342 e. The van der Waals surface area contributed by atoms with Crippen molar-refractivity contribution in [3.8, 4) is 0 Å². The van der Waals surface area contributed by atoms with Gasteiger partial charge in [0.15, 0.2) is 0 Å². The molecule has 2 amide bonds. The second kappa shape index (κ2) is 7.92. The van der Waals surface area contributed by atoms with Crippen LogP contribution in [0.3, 0.4) is 0 Å². The summed E-state index contributed by atoms with van der Waals surface area (Å²) in [5.74, 6) is 0.486. The molecule has 6 heteroatoms. The zero-order valence-electron chi connectivity index (χ0n) is 16.4. The lowest BCUT2D eigenvalue weighted by molar-refractivity contribution is -0.132. The van der Waals surface area contributed by atoms with E-state index >= 15 is 0 Å². The first-order valence-corrected chi connectivity index (χ1v) is 11.3. The van der Waals surface area contributed by atoms with Crippen LogP contribution in [0, 0.1) is 12.3 Å². The molecule has 0 N–H and O–H groups in total. The average molecular weight is 390 g/mol. The molecule has 0 aliphatic carbocycles. The lowest BCUT2D eigenvalue weighted by atomic mass is 9.73. The Morgan fingerprint density at radius 1 is 1.00 bits per heavy atom. The highest BCUT2D eigenvalue weighted by Crippen LogP contribution is 2.39. The third kappa shape index (κ3) is 4.21. The van der Waals surface area contributed by atoms with Crippen molar-refractivity contribution in [2.24, 2.45) is 5.41 Å². The lowest BCUT2D eigenvalue weighted by Crippen LogP contribution is -2.55. The van der Waals surface area contributed by atoms with Gasteiger partial charge in [-0.3, -0.25) is 14.5 Å². The fourth-order valence-electron chi connectivity index (χ4n) is 5.12. The monoisotopic (exact) mass is 389 g/mol. The van der Waals surface area contributed by atoms with Crippen LogP contribution in [-0.2, 0) is 4.79 Å². The molecular weight excluding hydrogens is 358 g/mol. The summed E-state index contributed by atoms with van der Waals surface area (Å²) < 4.78 is 0. The summed E-state index contributed by atoms with van der Waals surface area (Å²) in [6.07, 6.45) is 6.85. The molecule has 0 bridgehead atoms. The van der Waals surface area contributed by atoms with E-state index in [2.05, 4.69) is 15.2 Å². The van der Waals surface area contributed by atoms with Crippen LogP contribution >= 0.6 is 11.3 Å². The number of carbonyl (C=O) groups excluding carboxylic acids is 2. The van der Waals surface area contributed by atoms with Gasteiger partial charge in [0.2, 0.25) is 5.91 Å². The van der Waals surface area contributed by atoms with Crippen molar-refractivity contribution in [3.63, 3.8) is 0 Å². The number of carbonyl (C=O) groups is 2. The van der Waals surface area contributed by atoms with Crippen LogP contribution in [0.4, 0.5) is 0 Å². The lowest BCUT2D eigenvalue weighted by Gasteiger charge is -2.48. The minimum absolute atomic E-state index is 0.170. The van der Waals surface area contributed by atoms with Gasteiger partial charge < -0.3 is 9.80 Å². The first-order valence-electron chi connectivity index (χ1n) is 10.4. The topological polar surface area (TPSA) is 43.9 Å². The predicted molar refractivity (Wildman–Crippen MR) is 108 cm³/mol. The molecule has 4 heterocycles. The van der Waals surface area contributed by atoms with Gasteiger partial charge in [0, 0.05) is 38.1 Å². The second-order valence-electron chi connectivity index (χ2n) is 8.72. The molecule has 4 rings (SSSR count). The van der Waals surface area contributed by atoms with Crippen molar-refractivity contribution in [2.75, 3.05) is 45.8 Å². The van der Waals surface area contributed by atoms with Gasteiger partial charge >= 0.3 is 0 Å². The predicted octanol–water partition coefficient (Wildman–Crippen LogP) is 3.00. The molecule has 1 unspecified atom stereocenters. The maximum Gasteiger partial charge on any atom is 0.263 e. The third-order valence-corrected chi connectivity index (χ3v) is 7.48. The van der Waals surface area contributed by atoms with Gasteiger partial charge in [0.25, 0.3) is 5.91 Å². The molecule has 0 radical (unpaired) electrons. The molecule has 1 atom stereocenters. The molecule has 3 saturated heterocycles. The molecule has 3 fully saturated rings. The van der Waals surface area contributed by atoms with Crippen LogP contribution in [0.2, 0.25) is 0 Å². The largest absolute Gasteiger partial charge is 0.342 e. The highest BCUT2D eigenvalue weighted by atomic mass is 32.1. The van der Waals surface area contributed by atoms with Crippen LogP contribution < -0.4 is 0 Å². The van der Waals surface area contributed by atoms with E-state index in [-0.39, 0.29) is 11.3 Å². The zero-order valence-corrected chi connectivity index (χ0v) is 17.2. The van der Waals surface area contributed by atoms with Crippen molar-refractivity contribution in [1.82, 2.24) is 14.7 Å². The van der Waals surface area contributed by atoms with E-state index in [0.717, 1.165) is 69.8 Å². The quantitative estimate of drug-likeness (QED) is 0.798. The zero-order chi connectivity index (χ0) is 18.9. The van der Waals surface area contributed by atoms with E-state index in [9.17, 15) is 9.59 Å². The highest BCUT2D eigenvalue weighted by Gasteiger charge is 2.41. The van der Waals surface area contributed by atoms with Crippen LogP contribution in [-0.4, -0.2) is 72.3 Å². The van der Waals surface area contributed by atoms with Crippen molar-refractivity contribution >= 4 is 23.2 Å². The number of amides is 2. The Kier molecular flexibility index (Phi) is 5.55. The Hall–Kier alpha value is -1.40. The van der Waals surface area contributed by atoms with Gasteiger partial charge in [-0.05, 0) is 69.0 Å². The number of nitrogens with zero attached hydrogens (tertiary/aromatic N) is 3. The summed E-state index contributed by atoms with van der Waals surface area (Å²) in [5, 5.41) is 2.05. The second-order valence-corrected chi connectivity index (χ2v) is 9.63. The summed E-state index contributed by atoms with van der Waals surface area (Å²) in [6, 6.07) is 2.01. The molecule has 1 spiro atoms. The molecule has 1 aromatic heterocycles. The molecule has 0 saturated carbocycles. The normalized spacial score (nSPS) is 26.7. The summed E-state index contributed by atoms with van der Waals surface area (Å²) in [7, 11) is 0. The SMILES string of the molecule is Cc1csc(C(=O)N2CCCC3(CCCN(CC(=O)N4CCCC4)C3)C2)c1. The average Bonchev–Trinajstić information content (AvgIpc) is 3.33. The van der Waals surface area contributed by atoms with E-state index in [4.69, 9.17) is 0 Å². The standard InChI is InChI=1S/C21H31N3O2S/c1-17-12-18(27-14-17)20(26)24-11-5-7-21(16-24)6-4-8-22(15-21)13-19(25)23-9-2-3-10-23/h12,14H,2-11,13,15-16H2,1H3. The van der Waals surface area contributed by atoms with Gasteiger partial charge in [-0.2, -0.15) is 0 Å². The van der Waals surface area contributed by atoms with E-state index in [0.29, 0.717) is 12.5 Å². The molecule has 3 aliphatic heterocycles. The fourth-order valence-corrected chi connectivity index (χ4v) is 5.98. The number of rotatable bonds is 3. The molecule has 27 heavy (non-hydrogen) atoms. The van der Waals surface area contributed by atoms with Gasteiger partial charge in [0.1, 0.15) is 0 Å². The van der Waals surface area contributed by atoms with Crippen molar-refractivity contribution in [1.29, 1.82) is 0 Å². The van der Waals surface area contributed by atoms with Gasteiger partial charge in [-0.1, -0.05) is 0 Å². The maximum absolute atomic E-state index is 12.9. The van der Waals surface area contributed by atoms with Crippen LogP contribution in [0.25, 0.3) is 0 Å². The van der Waals surface area contributed by atoms with Crippen molar-refractivity contribution in [2.45, 2.75) is 45.4 Å². The Balaban J connectivity index is 1.39. The van der Waals surface area contributed by atoms with E-state index in [1.807, 2.05) is 17.9 Å². The number of hydrogen-bond donors (Lipinski definition) is 0. The molecule has 148 valence electrons. The maximum atomic E-state index is 12.9. The number of likely N-dealkylation sites (tertiary alicyclic amines) is 3. The molecular formula is C21H31N3O2S. The van der Waals surface area contributed by atoms with Crippen LogP contribution in [0.5, 0.6) is 0 Å². The number of thiophene rings is 1. The number of piperidine rings is 2. The Morgan fingerprint density at radius 2 is 1.70 bits per heavy atom. The molecule has 3 aliphatic rings. The first-order chi connectivity index (χ1) is 13.0. The Labute approximate surface area is 166 Å². The Bertz CT molecular complexity index is 693. The highest BCUT2D eigenvalue weighted by molar-refractivity contribution is 7.12. The van der Waals surface area contributed by atoms with Gasteiger partial charge in [-0.25, -0.2) is 0 Å². The summed E-state index contributed by atoms with van der Waals surface area (Å²) in [5.41, 5.74) is 1.34. The molecule has 1 aromatic rings. The van der Waals surface area contributed by atoms with Gasteiger partial charge in [-0.15, -0.1) is 11.3 Å². The summed E-state index contributed by atoms with van der Waals surface area (Å²) >= 11 is 1.56.